The van der Waals surface area contributed by atoms with E-state index in [4.69, 9.17) is 5.53 Å². The van der Waals surface area contributed by atoms with Crippen LogP contribution in [0.4, 0.5) is 0 Å². The number of rotatable bonds is 3. The van der Waals surface area contributed by atoms with Crippen LogP contribution >= 0.6 is 0 Å². The minimum Gasteiger partial charge on any atom is -0.0936 e. The SMILES string of the molecule is [N-]=[N+]=NCCc1cccc2c1CCC2. The molecule has 0 bridgehead atoms. The summed E-state index contributed by atoms with van der Waals surface area (Å²) in [6, 6.07) is 6.46. The Balaban J connectivity index is 2.17. The van der Waals surface area contributed by atoms with Gasteiger partial charge in [-0.3, -0.25) is 0 Å². The maximum Gasteiger partial charge on any atom is 0.0298 e. The average molecular weight is 187 g/mol. The van der Waals surface area contributed by atoms with Crippen molar-refractivity contribution < 1.29 is 0 Å². The highest BCUT2D eigenvalue weighted by atomic mass is 15.1. The van der Waals surface area contributed by atoms with Gasteiger partial charge in [-0.05, 0) is 47.9 Å². The predicted molar refractivity (Wildman–Crippen MR) is 56.2 cm³/mol. The highest BCUT2D eigenvalue weighted by molar-refractivity contribution is 5.38. The molecule has 0 fully saturated rings. The van der Waals surface area contributed by atoms with Crippen molar-refractivity contribution in [3.8, 4) is 0 Å². The first kappa shape index (κ1) is 9.10. The highest BCUT2D eigenvalue weighted by Gasteiger charge is 2.13. The lowest BCUT2D eigenvalue weighted by molar-refractivity contribution is 0.893. The van der Waals surface area contributed by atoms with Crippen molar-refractivity contribution >= 4 is 0 Å². The van der Waals surface area contributed by atoms with E-state index >= 15 is 0 Å². The van der Waals surface area contributed by atoms with Crippen molar-refractivity contribution in [2.45, 2.75) is 25.7 Å². The Morgan fingerprint density at radius 3 is 3.14 bits per heavy atom. The van der Waals surface area contributed by atoms with Crippen LogP contribution in [-0.2, 0) is 19.3 Å². The van der Waals surface area contributed by atoms with E-state index in [0.29, 0.717) is 6.54 Å². The number of hydrogen-bond donors (Lipinski definition) is 0. The first-order valence-electron chi connectivity index (χ1n) is 5.02. The number of aryl methyl sites for hydroxylation is 1. The normalized spacial score (nSPS) is 13.4. The van der Waals surface area contributed by atoms with Gasteiger partial charge in [0.15, 0.2) is 0 Å². The van der Waals surface area contributed by atoms with Gasteiger partial charge in [-0.2, -0.15) is 0 Å². The third-order valence-corrected chi connectivity index (χ3v) is 2.79. The van der Waals surface area contributed by atoms with Gasteiger partial charge in [-0.1, -0.05) is 23.3 Å². The molecule has 1 aliphatic carbocycles. The molecule has 3 nitrogen and oxygen atoms in total. The summed E-state index contributed by atoms with van der Waals surface area (Å²) in [7, 11) is 0. The van der Waals surface area contributed by atoms with Gasteiger partial charge in [-0.15, -0.1) is 0 Å². The zero-order valence-electron chi connectivity index (χ0n) is 8.11. The monoisotopic (exact) mass is 187 g/mol. The number of hydrogen-bond acceptors (Lipinski definition) is 1. The van der Waals surface area contributed by atoms with Crippen LogP contribution in [0.3, 0.4) is 0 Å². The molecule has 72 valence electrons. The summed E-state index contributed by atoms with van der Waals surface area (Å²) in [6.07, 6.45) is 4.56. The topological polar surface area (TPSA) is 48.8 Å². The quantitative estimate of drug-likeness (QED) is 0.397. The van der Waals surface area contributed by atoms with E-state index in [2.05, 4.69) is 28.2 Å². The first-order chi connectivity index (χ1) is 6.92. The lowest BCUT2D eigenvalue weighted by Crippen LogP contribution is -1.95. The van der Waals surface area contributed by atoms with Crippen LogP contribution in [0, 0.1) is 0 Å². The lowest BCUT2D eigenvalue weighted by Gasteiger charge is -2.05. The Bertz CT molecular complexity index is 378. The van der Waals surface area contributed by atoms with E-state index in [-0.39, 0.29) is 0 Å². The van der Waals surface area contributed by atoms with Crippen molar-refractivity contribution in [1.29, 1.82) is 0 Å². The maximum atomic E-state index is 8.20. The molecule has 14 heavy (non-hydrogen) atoms. The van der Waals surface area contributed by atoms with Crippen molar-refractivity contribution in [1.82, 2.24) is 0 Å². The minimum atomic E-state index is 0.576. The Morgan fingerprint density at radius 1 is 1.36 bits per heavy atom. The van der Waals surface area contributed by atoms with E-state index in [9.17, 15) is 0 Å². The standard InChI is InChI=1S/C11H13N3/c12-14-13-8-7-10-4-1-3-9-5-2-6-11(9)10/h1,3-4H,2,5-8H2. The molecule has 2 rings (SSSR count). The summed E-state index contributed by atoms with van der Waals surface area (Å²) in [4.78, 5) is 2.77. The van der Waals surface area contributed by atoms with Crippen LogP contribution in [0.5, 0.6) is 0 Å². The van der Waals surface area contributed by atoms with Crippen molar-refractivity contribution in [2.24, 2.45) is 5.11 Å². The molecule has 0 radical (unpaired) electrons. The second-order valence-electron chi connectivity index (χ2n) is 3.61. The van der Waals surface area contributed by atoms with Crippen LogP contribution in [-0.4, -0.2) is 6.54 Å². The first-order valence-corrected chi connectivity index (χ1v) is 5.02. The van der Waals surface area contributed by atoms with Crippen LogP contribution < -0.4 is 0 Å². The van der Waals surface area contributed by atoms with E-state index < -0.39 is 0 Å². The van der Waals surface area contributed by atoms with Gasteiger partial charge in [-0.25, -0.2) is 0 Å². The molecule has 0 unspecified atom stereocenters. The molecule has 0 heterocycles. The molecule has 0 atom stereocenters. The summed E-state index contributed by atoms with van der Waals surface area (Å²) in [5, 5.41) is 3.57. The van der Waals surface area contributed by atoms with Crippen molar-refractivity contribution in [3.63, 3.8) is 0 Å². The minimum absolute atomic E-state index is 0.576. The predicted octanol–water partition coefficient (Wildman–Crippen LogP) is 3.03. The summed E-state index contributed by atoms with van der Waals surface area (Å²) in [6.45, 7) is 0.576. The van der Waals surface area contributed by atoms with E-state index in [1.165, 1.54) is 36.0 Å². The largest absolute Gasteiger partial charge is 0.0936 e. The second-order valence-corrected chi connectivity index (χ2v) is 3.61. The summed E-state index contributed by atoms with van der Waals surface area (Å²) in [5.41, 5.74) is 12.6. The molecule has 1 aromatic carbocycles. The second kappa shape index (κ2) is 4.16. The molecule has 0 spiro atoms. The van der Waals surface area contributed by atoms with Crippen molar-refractivity contribution in [3.05, 3.63) is 45.3 Å². The third-order valence-electron chi connectivity index (χ3n) is 2.79. The molecule has 0 saturated heterocycles. The van der Waals surface area contributed by atoms with E-state index in [1.807, 2.05) is 0 Å². The molecular weight excluding hydrogens is 174 g/mol. The molecule has 0 saturated carbocycles. The van der Waals surface area contributed by atoms with Gasteiger partial charge in [0, 0.05) is 11.5 Å². The summed E-state index contributed by atoms with van der Waals surface area (Å²) in [5.74, 6) is 0. The molecule has 0 amide bonds. The zero-order valence-corrected chi connectivity index (χ0v) is 8.11. The van der Waals surface area contributed by atoms with Gasteiger partial charge >= 0.3 is 0 Å². The number of azide groups is 1. The lowest BCUT2D eigenvalue weighted by atomic mass is 10.0. The number of benzene rings is 1. The molecular formula is C11H13N3. The van der Waals surface area contributed by atoms with E-state index in [1.54, 1.807) is 0 Å². The van der Waals surface area contributed by atoms with Crippen LogP contribution in [0.2, 0.25) is 0 Å². The van der Waals surface area contributed by atoms with Gasteiger partial charge in [0.1, 0.15) is 0 Å². The fourth-order valence-corrected chi connectivity index (χ4v) is 2.15. The Kier molecular flexibility index (Phi) is 2.70. The fraction of sp³-hybridized carbons (Fsp3) is 0.455. The molecule has 0 N–H and O–H groups in total. The van der Waals surface area contributed by atoms with Crippen LogP contribution in [0.15, 0.2) is 23.3 Å². The third kappa shape index (κ3) is 1.73. The fourth-order valence-electron chi connectivity index (χ4n) is 2.15. The molecule has 3 heteroatoms. The molecule has 1 aliphatic rings. The smallest absolute Gasteiger partial charge is 0.0298 e. The van der Waals surface area contributed by atoms with Crippen LogP contribution in [0.25, 0.3) is 10.4 Å². The number of nitrogens with zero attached hydrogens (tertiary/aromatic N) is 3. The average Bonchev–Trinajstić information content (AvgIpc) is 2.67. The van der Waals surface area contributed by atoms with Gasteiger partial charge in [0.05, 0.1) is 0 Å². The zero-order chi connectivity index (χ0) is 9.80. The van der Waals surface area contributed by atoms with E-state index in [0.717, 1.165) is 6.42 Å². The van der Waals surface area contributed by atoms with Crippen LogP contribution in [0.1, 0.15) is 23.1 Å². The van der Waals surface area contributed by atoms with Crippen molar-refractivity contribution in [2.75, 3.05) is 6.54 Å². The molecule has 0 aromatic heterocycles. The molecule has 1 aromatic rings. The molecule has 0 aliphatic heterocycles. The Hall–Kier alpha value is -1.47. The van der Waals surface area contributed by atoms with Gasteiger partial charge in [0.2, 0.25) is 0 Å². The van der Waals surface area contributed by atoms with Gasteiger partial charge in [0.25, 0.3) is 0 Å². The summed E-state index contributed by atoms with van der Waals surface area (Å²) < 4.78 is 0. The summed E-state index contributed by atoms with van der Waals surface area (Å²) >= 11 is 0. The highest BCUT2D eigenvalue weighted by Crippen LogP contribution is 2.25. The number of fused-ring (bicyclic) bond motifs is 1. The Labute approximate surface area is 83.4 Å². The van der Waals surface area contributed by atoms with Gasteiger partial charge < -0.3 is 0 Å². The Morgan fingerprint density at radius 2 is 2.29 bits per heavy atom. The maximum absolute atomic E-state index is 8.20.